The van der Waals surface area contributed by atoms with Crippen LogP contribution in [0.1, 0.15) is 16.7 Å². The summed E-state index contributed by atoms with van der Waals surface area (Å²) in [7, 11) is -3.85. The van der Waals surface area contributed by atoms with Gasteiger partial charge in [0.25, 0.3) is 10.0 Å². The van der Waals surface area contributed by atoms with Crippen LogP contribution in [0.2, 0.25) is 10.4 Å². The number of rotatable bonds is 2. The van der Waals surface area contributed by atoms with Crippen LogP contribution >= 0.6 is 45.8 Å². The van der Waals surface area contributed by atoms with Gasteiger partial charge < -0.3 is 0 Å². The molecule has 2 aromatic heterocycles. The second-order valence-corrected chi connectivity index (χ2v) is 9.10. The van der Waals surface area contributed by atoms with Crippen LogP contribution < -0.4 is 0 Å². The molecule has 0 aliphatic carbocycles. The van der Waals surface area contributed by atoms with Gasteiger partial charge in [0, 0.05) is 9.77 Å². The summed E-state index contributed by atoms with van der Waals surface area (Å²) in [6, 6.07) is 3.68. The summed E-state index contributed by atoms with van der Waals surface area (Å²) in [6.07, 6.45) is 1.48. The van der Waals surface area contributed by atoms with Crippen molar-refractivity contribution >= 4 is 66.8 Å². The number of hydrogen-bond acceptors (Lipinski definition) is 4. The highest BCUT2D eigenvalue weighted by atomic mass is 127. The van der Waals surface area contributed by atoms with Crippen molar-refractivity contribution < 1.29 is 8.42 Å². The summed E-state index contributed by atoms with van der Waals surface area (Å²) in [5.41, 5.74) is 2.53. The van der Waals surface area contributed by atoms with E-state index in [1.165, 1.54) is 6.20 Å². The Morgan fingerprint density at radius 3 is 2.25 bits per heavy atom. The van der Waals surface area contributed by atoms with Crippen molar-refractivity contribution in [1.29, 1.82) is 0 Å². The summed E-state index contributed by atoms with van der Waals surface area (Å²) in [6.45, 7) is 5.48. The van der Waals surface area contributed by atoms with E-state index < -0.39 is 10.0 Å². The molecule has 5 nitrogen and oxygen atoms in total. The van der Waals surface area contributed by atoms with Gasteiger partial charge in [-0.15, -0.1) is 0 Å². The molecule has 0 radical (unpaired) electrons. The molecule has 0 bridgehead atoms. The van der Waals surface area contributed by atoms with Crippen LogP contribution in [-0.2, 0) is 10.0 Å². The van der Waals surface area contributed by atoms with Gasteiger partial charge in [-0.25, -0.2) is 17.4 Å². The monoisotopic (exact) mass is 495 g/mol. The Morgan fingerprint density at radius 1 is 1.08 bits per heavy atom. The Bertz CT molecular complexity index is 1070. The van der Waals surface area contributed by atoms with Gasteiger partial charge in [0.2, 0.25) is 5.28 Å². The third-order valence-corrected chi connectivity index (χ3v) is 6.83. The van der Waals surface area contributed by atoms with Crippen molar-refractivity contribution in [2.24, 2.45) is 0 Å². The second kappa shape index (κ2) is 6.12. The largest absolute Gasteiger partial charge is 0.269 e. The molecular weight excluding hydrogens is 484 g/mol. The van der Waals surface area contributed by atoms with Crippen molar-refractivity contribution in [3.63, 3.8) is 0 Å². The van der Waals surface area contributed by atoms with E-state index in [9.17, 15) is 8.42 Å². The molecule has 1 aromatic carbocycles. The van der Waals surface area contributed by atoms with Gasteiger partial charge in [0.1, 0.15) is 5.15 Å². The smallest absolute Gasteiger partial charge is 0.223 e. The lowest BCUT2D eigenvalue weighted by Gasteiger charge is -2.13. The molecule has 126 valence electrons. The maximum Gasteiger partial charge on any atom is 0.269 e. The summed E-state index contributed by atoms with van der Waals surface area (Å²) >= 11 is 14.0. The molecular formula is C15H12Cl2IN3O2S. The SMILES string of the molecule is Cc1cc(C)c(S(=O)(=O)n2cc(I)c3c(Cl)nc(Cl)nc32)c(C)c1. The van der Waals surface area contributed by atoms with Gasteiger partial charge >= 0.3 is 0 Å². The molecule has 0 amide bonds. The van der Waals surface area contributed by atoms with Crippen molar-refractivity contribution in [2.45, 2.75) is 25.7 Å². The Labute approximate surface area is 163 Å². The normalized spacial score (nSPS) is 12.1. The number of benzene rings is 1. The lowest BCUT2D eigenvalue weighted by Crippen LogP contribution is -2.15. The summed E-state index contributed by atoms with van der Waals surface area (Å²) in [4.78, 5) is 8.22. The molecule has 9 heteroatoms. The molecule has 2 heterocycles. The third-order valence-electron chi connectivity index (χ3n) is 3.62. The molecule has 0 aliphatic rings. The molecule has 3 rings (SSSR count). The quantitative estimate of drug-likeness (QED) is 0.298. The topological polar surface area (TPSA) is 64.8 Å². The lowest BCUT2D eigenvalue weighted by atomic mass is 10.1. The number of fused-ring (bicyclic) bond motifs is 1. The highest BCUT2D eigenvalue weighted by Crippen LogP contribution is 2.32. The van der Waals surface area contributed by atoms with E-state index in [2.05, 4.69) is 9.97 Å². The maximum absolute atomic E-state index is 13.2. The fourth-order valence-corrected chi connectivity index (χ4v) is 6.18. The average molecular weight is 496 g/mol. The summed E-state index contributed by atoms with van der Waals surface area (Å²) in [5, 5.41) is 0.490. The number of hydrogen-bond donors (Lipinski definition) is 0. The molecule has 0 unspecified atom stereocenters. The Kier molecular flexibility index (Phi) is 4.57. The highest BCUT2D eigenvalue weighted by molar-refractivity contribution is 14.1. The molecule has 0 saturated carbocycles. The van der Waals surface area contributed by atoms with Gasteiger partial charge in [-0.3, -0.25) is 0 Å². The summed E-state index contributed by atoms with van der Waals surface area (Å²) in [5.74, 6) is 0. The van der Waals surface area contributed by atoms with E-state index in [0.717, 1.165) is 9.54 Å². The first-order chi connectivity index (χ1) is 11.1. The molecule has 0 N–H and O–H groups in total. The van der Waals surface area contributed by atoms with Crippen molar-refractivity contribution in [3.05, 3.63) is 49.0 Å². The number of nitrogens with zero attached hydrogens (tertiary/aromatic N) is 3. The molecule has 0 spiro atoms. The van der Waals surface area contributed by atoms with Crippen LogP contribution in [0.4, 0.5) is 0 Å². The van der Waals surface area contributed by atoms with E-state index >= 15 is 0 Å². The second-order valence-electron chi connectivity index (χ2n) is 5.49. The van der Waals surface area contributed by atoms with Gasteiger partial charge in [-0.1, -0.05) is 29.3 Å². The predicted molar refractivity (Wildman–Crippen MR) is 104 cm³/mol. The molecule has 24 heavy (non-hydrogen) atoms. The average Bonchev–Trinajstić information content (AvgIpc) is 2.74. The van der Waals surface area contributed by atoms with E-state index in [0.29, 0.717) is 20.1 Å². The highest BCUT2D eigenvalue weighted by Gasteiger charge is 2.27. The maximum atomic E-state index is 13.2. The molecule has 0 saturated heterocycles. The minimum absolute atomic E-state index is 0.101. The minimum atomic E-state index is -3.85. The first-order valence-corrected chi connectivity index (χ1v) is 10.1. The van der Waals surface area contributed by atoms with E-state index in [1.807, 2.05) is 41.6 Å². The summed E-state index contributed by atoms with van der Waals surface area (Å²) < 4.78 is 28.3. The zero-order valence-electron chi connectivity index (χ0n) is 12.9. The van der Waals surface area contributed by atoms with Gasteiger partial charge in [0.05, 0.1) is 10.3 Å². The standard InChI is InChI=1S/C15H12Cl2IN3O2S/c1-7-4-8(2)12(9(3)5-7)24(22,23)21-6-10(18)11-13(16)19-15(17)20-14(11)21/h4-6H,1-3H3. The molecule has 0 aliphatic heterocycles. The van der Waals surface area contributed by atoms with Crippen molar-refractivity contribution in [1.82, 2.24) is 13.9 Å². The van der Waals surface area contributed by atoms with Crippen LogP contribution in [0, 0.1) is 24.3 Å². The van der Waals surface area contributed by atoms with Crippen LogP contribution in [0.25, 0.3) is 11.0 Å². The van der Waals surface area contributed by atoms with Gasteiger partial charge in [-0.05, 0) is 66.1 Å². The molecule has 3 aromatic rings. The van der Waals surface area contributed by atoms with E-state index in [-0.39, 0.29) is 21.0 Å². The first-order valence-electron chi connectivity index (χ1n) is 6.86. The van der Waals surface area contributed by atoms with Gasteiger partial charge in [0.15, 0.2) is 5.65 Å². The molecule has 0 fully saturated rings. The minimum Gasteiger partial charge on any atom is -0.223 e. The van der Waals surface area contributed by atoms with Gasteiger partial charge in [-0.2, -0.15) is 4.98 Å². The number of aryl methyl sites for hydroxylation is 3. The van der Waals surface area contributed by atoms with Crippen LogP contribution in [-0.4, -0.2) is 22.4 Å². The zero-order valence-corrected chi connectivity index (χ0v) is 17.4. The molecule has 0 atom stereocenters. The van der Waals surface area contributed by atoms with Crippen LogP contribution in [0.3, 0.4) is 0 Å². The lowest BCUT2D eigenvalue weighted by molar-refractivity contribution is 0.587. The fourth-order valence-electron chi connectivity index (χ4n) is 2.85. The Hall–Kier alpha value is -0.900. The first kappa shape index (κ1) is 17.9. The Morgan fingerprint density at radius 2 is 1.67 bits per heavy atom. The van der Waals surface area contributed by atoms with Crippen molar-refractivity contribution in [3.8, 4) is 0 Å². The fraction of sp³-hybridized carbons (Fsp3) is 0.200. The Balaban J connectivity index is 2.40. The predicted octanol–water partition coefficient (Wildman–Crippen LogP) is 4.50. The van der Waals surface area contributed by atoms with Crippen LogP contribution in [0.15, 0.2) is 23.2 Å². The number of halogens is 3. The number of aromatic nitrogens is 3. The zero-order chi connectivity index (χ0) is 17.8. The van der Waals surface area contributed by atoms with E-state index in [1.54, 1.807) is 13.8 Å². The van der Waals surface area contributed by atoms with E-state index in [4.69, 9.17) is 23.2 Å². The van der Waals surface area contributed by atoms with Crippen LogP contribution in [0.5, 0.6) is 0 Å². The third kappa shape index (κ3) is 2.81. The van der Waals surface area contributed by atoms with Crippen molar-refractivity contribution in [2.75, 3.05) is 0 Å².